The number of carbonyl (C=O) groups is 1. The average Bonchev–Trinajstić information content (AvgIpc) is 3.18. The molecule has 1 aromatic carbocycles. The maximum Gasteiger partial charge on any atom is 0.253 e. The van der Waals surface area contributed by atoms with Crippen LogP contribution < -0.4 is 10.6 Å². The Bertz CT molecular complexity index is 468. The Hall–Kier alpha value is -1.39. The summed E-state index contributed by atoms with van der Waals surface area (Å²) in [6.07, 6.45) is 3.26. The Balaban J connectivity index is 1.52. The van der Waals surface area contributed by atoms with Crippen molar-refractivity contribution in [2.24, 2.45) is 5.92 Å². The fraction of sp³-hybridized carbons (Fsp3) is 0.562. The molecule has 0 aromatic heterocycles. The lowest BCUT2D eigenvalue weighted by atomic mass is 10.0. The van der Waals surface area contributed by atoms with Crippen LogP contribution in [0.2, 0.25) is 0 Å². The van der Waals surface area contributed by atoms with Gasteiger partial charge in [-0.2, -0.15) is 0 Å². The molecule has 4 heteroatoms. The van der Waals surface area contributed by atoms with Crippen LogP contribution in [0.3, 0.4) is 0 Å². The molecule has 0 spiro atoms. The number of ether oxygens (including phenoxy) is 1. The lowest BCUT2D eigenvalue weighted by molar-refractivity contribution is -0.126. The van der Waals surface area contributed by atoms with Gasteiger partial charge in [0.15, 0.2) is 0 Å². The Morgan fingerprint density at radius 1 is 1.25 bits per heavy atom. The van der Waals surface area contributed by atoms with Gasteiger partial charge in [0.25, 0.3) is 5.91 Å². The maximum atomic E-state index is 12.1. The first-order valence-corrected chi connectivity index (χ1v) is 7.47. The molecule has 1 aliphatic heterocycles. The van der Waals surface area contributed by atoms with Gasteiger partial charge >= 0.3 is 0 Å². The molecule has 0 radical (unpaired) electrons. The summed E-state index contributed by atoms with van der Waals surface area (Å²) in [5.41, 5.74) is 2.09. The summed E-state index contributed by atoms with van der Waals surface area (Å²) in [4.78, 5) is 12.1. The molecule has 0 bridgehead atoms. The third-order valence-electron chi connectivity index (χ3n) is 4.04. The smallest absolute Gasteiger partial charge is 0.253 e. The minimum atomic E-state index is -0.300. The van der Waals surface area contributed by atoms with Gasteiger partial charge < -0.3 is 15.4 Å². The van der Waals surface area contributed by atoms with Crippen LogP contribution in [0.5, 0.6) is 0 Å². The number of amides is 1. The molecule has 4 nitrogen and oxygen atoms in total. The minimum absolute atomic E-state index is 0.0288. The summed E-state index contributed by atoms with van der Waals surface area (Å²) in [6, 6.07) is 8.76. The zero-order valence-corrected chi connectivity index (χ0v) is 11.9. The third kappa shape index (κ3) is 3.38. The Kier molecular flexibility index (Phi) is 4.03. The molecule has 1 heterocycles. The lowest BCUT2D eigenvalue weighted by Crippen LogP contribution is -2.31. The third-order valence-corrected chi connectivity index (χ3v) is 4.04. The van der Waals surface area contributed by atoms with Gasteiger partial charge in [-0.05, 0) is 42.9 Å². The van der Waals surface area contributed by atoms with E-state index in [4.69, 9.17) is 4.74 Å². The van der Waals surface area contributed by atoms with Gasteiger partial charge in [0.1, 0.15) is 6.10 Å². The molecule has 2 N–H and O–H groups in total. The van der Waals surface area contributed by atoms with E-state index in [2.05, 4.69) is 29.7 Å². The minimum Gasteiger partial charge on any atom is -0.368 e. The molecule has 1 aliphatic carbocycles. The molecule has 20 heavy (non-hydrogen) atoms. The molecule has 1 saturated heterocycles. The Morgan fingerprint density at radius 2 is 2.00 bits per heavy atom. The summed E-state index contributed by atoms with van der Waals surface area (Å²) in [7, 11) is 0. The van der Waals surface area contributed by atoms with Gasteiger partial charge in [0, 0.05) is 24.9 Å². The highest BCUT2D eigenvalue weighted by Crippen LogP contribution is 2.22. The first-order chi connectivity index (χ1) is 9.72. The summed E-state index contributed by atoms with van der Waals surface area (Å²) < 4.78 is 5.47. The number of hydrogen-bond acceptors (Lipinski definition) is 3. The van der Waals surface area contributed by atoms with Crippen molar-refractivity contribution < 1.29 is 9.53 Å². The van der Waals surface area contributed by atoms with Crippen LogP contribution in [-0.4, -0.2) is 24.7 Å². The van der Waals surface area contributed by atoms with E-state index < -0.39 is 0 Å². The standard InChI is InChI=1S/C16H22N2O2/c1-11-8-9-20-15(11)16(19)18-14-4-2-12(3-5-14)10-17-13-6-7-13/h2-5,11,13,15,17H,6-10H2,1H3,(H,18,19). The predicted molar refractivity (Wildman–Crippen MR) is 78.5 cm³/mol. The summed E-state index contributed by atoms with van der Waals surface area (Å²) in [5.74, 6) is 0.274. The van der Waals surface area contributed by atoms with Crippen LogP contribution in [0.1, 0.15) is 31.7 Å². The fourth-order valence-corrected chi connectivity index (χ4v) is 2.50. The molecule has 2 fully saturated rings. The van der Waals surface area contributed by atoms with Crippen LogP contribution in [-0.2, 0) is 16.1 Å². The van der Waals surface area contributed by atoms with Crippen molar-refractivity contribution in [3.8, 4) is 0 Å². The van der Waals surface area contributed by atoms with Crippen LogP contribution in [0.15, 0.2) is 24.3 Å². The number of benzene rings is 1. The molecular formula is C16H22N2O2. The number of anilines is 1. The van der Waals surface area contributed by atoms with Crippen molar-refractivity contribution in [3.63, 3.8) is 0 Å². The van der Waals surface area contributed by atoms with Crippen molar-refractivity contribution in [2.75, 3.05) is 11.9 Å². The van der Waals surface area contributed by atoms with E-state index in [-0.39, 0.29) is 12.0 Å². The Labute approximate surface area is 119 Å². The second-order valence-electron chi connectivity index (χ2n) is 5.90. The highest BCUT2D eigenvalue weighted by atomic mass is 16.5. The maximum absolute atomic E-state index is 12.1. The van der Waals surface area contributed by atoms with Crippen molar-refractivity contribution >= 4 is 11.6 Å². The largest absolute Gasteiger partial charge is 0.368 e. The predicted octanol–water partition coefficient (Wildman–Crippen LogP) is 2.30. The van der Waals surface area contributed by atoms with Crippen LogP contribution in [0, 0.1) is 5.92 Å². The molecular weight excluding hydrogens is 252 g/mol. The van der Waals surface area contributed by atoms with Gasteiger partial charge in [0.05, 0.1) is 0 Å². The van der Waals surface area contributed by atoms with E-state index in [1.165, 1.54) is 18.4 Å². The van der Waals surface area contributed by atoms with Crippen LogP contribution in [0.4, 0.5) is 5.69 Å². The van der Waals surface area contributed by atoms with Crippen molar-refractivity contribution in [1.82, 2.24) is 5.32 Å². The molecule has 2 unspecified atom stereocenters. The normalized spacial score (nSPS) is 25.6. The molecule has 2 atom stereocenters. The van der Waals surface area contributed by atoms with Crippen LogP contribution in [0.25, 0.3) is 0 Å². The summed E-state index contributed by atoms with van der Waals surface area (Å²) in [6.45, 7) is 3.65. The first kappa shape index (κ1) is 13.6. The molecule has 1 saturated carbocycles. The average molecular weight is 274 g/mol. The number of rotatable bonds is 5. The van der Waals surface area contributed by atoms with Gasteiger partial charge in [0.2, 0.25) is 0 Å². The summed E-state index contributed by atoms with van der Waals surface area (Å²) >= 11 is 0. The monoisotopic (exact) mass is 274 g/mol. The molecule has 1 aromatic rings. The highest BCUT2D eigenvalue weighted by Gasteiger charge is 2.30. The summed E-state index contributed by atoms with van der Waals surface area (Å²) in [5, 5.41) is 6.41. The molecule has 108 valence electrons. The number of carbonyl (C=O) groups excluding carboxylic acids is 1. The topological polar surface area (TPSA) is 50.4 Å². The van der Waals surface area contributed by atoms with E-state index >= 15 is 0 Å². The van der Waals surface area contributed by atoms with E-state index in [0.717, 1.165) is 24.7 Å². The second-order valence-corrected chi connectivity index (χ2v) is 5.90. The number of nitrogens with one attached hydrogen (secondary N) is 2. The fourth-order valence-electron chi connectivity index (χ4n) is 2.50. The SMILES string of the molecule is CC1CCOC1C(=O)Nc1ccc(CNC2CC2)cc1. The van der Waals surface area contributed by atoms with Gasteiger partial charge in [-0.25, -0.2) is 0 Å². The lowest BCUT2D eigenvalue weighted by Gasteiger charge is -2.14. The van der Waals surface area contributed by atoms with Crippen LogP contribution >= 0.6 is 0 Å². The van der Waals surface area contributed by atoms with Gasteiger partial charge in [-0.1, -0.05) is 19.1 Å². The van der Waals surface area contributed by atoms with Crippen molar-refractivity contribution in [2.45, 2.75) is 44.9 Å². The second kappa shape index (κ2) is 5.94. The molecule has 2 aliphatic rings. The van der Waals surface area contributed by atoms with E-state index in [9.17, 15) is 4.79 Å². The zero-order valence-electron chi connectivity index (χ0n) is 11.9. The number of hydrogen-bond donors (Lipinski definition) is 2. The van der Waals surface area contributed by atoms with E-state index in [1.54, 1.807) is 0 Å². The van der Waals surface area contributed by atoms with E-state index in [1.807, 2.05) is 12.1 Å². The van der Waals surface area contributed by atoms with E-state index in [0.29, 0.717) is 12.5 Å². The Morgan fingerprint density at radius 3 is 2.60 bits per heavy atom. The first-order valence-electron chi connectivity index (χ1n) is 7.47. The van der Waals surface area contributed by atoms with Crippen molar-refractivity contribution in [3.05, 3.63) is 29.8 Å². The zero-order chi connectivity index (χ0) is 13.9. The van der Waals surface area contributed by atoms with Gasteiger partial charge in [-0.15, -0.1) is 0 Å². The van der Waals surface area contributed by atoms with Gasteiger partial charge in [-0.3, -0.25) is 4.79 Å². The van der Waals surface area contributed by atoms with Crippen molar-refractivity contribution in [1.29, 1.82) is 0 Å². The highest BCUT2D eigenvalue weighted by molar-refractivity contribution is 5.94. The quantitative estimate of drug-likeness (QED) is 0.866. The molecule has 1 amide bonds. The molecule has 3 rings (SSSR count).